The number of piperazine rings is 1. The summed E-state index contributed by atoms with van der Waals surface area (Å²) in [7, 11) is 0. The van der Waals surface area contributed by atoms with Crippen molar-refractivity contribution in [1.82, 2.24) is 19.2 Å². The van der Waals surface area contributed by atoms with Crippen LogP contribution in [0.25, 0.3) is 5.65 Å². The van der Waals surface area contributed by atoms with Crippen molar-refractivity contribution < 1.29 is 5.11 Å². The van der Waals surface area contributed by atoms with Crippen LogP contribution in [0.1, 0.15) is 31.5 Å². The van der Waals surface area contributed by atoms with Gasteiger partial charge < -0.3 is 5.11 Å². The summed E-state index contributed by atoms with van der Waals surface area (Å²) in [6.45, 7) is 10.2. The SMILES string of the molecule is CC[C@@H]1CN(Cc2cc(=O)n3cccc(C)c3n2)CCN1C[C@@H](C)O. The quantitative estimate of drug-likeness (QED) is 0.885. The van der Waals surface area contributed by atoms with E-state index in [4.69, 9.17) is 4.98 Å². The Kier molecular flexibility index (Phi) is 5.51. The second-order valence-corrected chi connectivity index (χ2v) is 7.11. The zero-order valence-corrected chi connectivity index (χ0v) is 15.4. The first-order chi connectivity index (χ1) is 12.0. The van der Waals surface area contributed by atoms with Crippen LogP contribution < -0.4 is 5.56 Å². The van der Waals surface area contributed by atoms with E-state index in [-0.39, 0.29) is 11.7 Å². The molecule has 0 spiro atoms. The van der Waals surface area contributed by atoms with Crippen LogP contribution in [0, 0.1) is 6.92 Å². The Hall–Kier alpha value is -1.76. The van der Waals surface area contributed by atoms with E-state index in [0.29, 0.717) is 12.6 Å². The van der Waals surface area contributed by atoms with Gasteiger partial charge in [0.05, 0.1) is 11.8 Å². The molecule has 1 N–H and O–H groups in total. The van der Waals surface area contributed by atoms with Gasteiger partial charge in [0.25, 0.3) is 5.56 Å². The maximum Gasteiger partial charge on any atom is 0.258 e. The van der Waals surface area contributed by atoms with E-state index in [0.717, 1.165) is 49.5 Å². The van der Waals surface area contributed by atoms with E-state index in [9.17, 15) is 9.90 Å². The molecule has 136 valence electrons. The van der Waals surface area contributed by atoms with Crippen molar-refractivity contribution >= 4 is 5.65 Å². The molecule has 0 radical (unpaired) electrons. The second-order valence-electron chi connectivity index (χ2n) is 7.11. The molecule has 3 rings (SSSR count). The lowest BCUT2D eigenvalue weighted by Gasteiger charge is -2.41. The molecule has 1 saturated heterocycles. The van der Waals surface area contributed by atoms with Crippen molar-refractivity contribution in [3.63, 3.8) is 0 Å². The third-order valence-electron chi connectivity index (χ3n) is 4.98. The molecule has 6 heteroatoms. The molecule has 0 aliphatic carbocycles. The minimum atomic E-state index is -0.300. The molecule has 0 saturated carbocycles. The number of aromatic nitrogens is 2. The van der Waals surface area contributed by atoms with Crippen LogP contribution in [0.3, 0.4) is 0 Å². The lowest BCUT2D eigenvalue weighted by molar-refractivity contribution is 0.0333. The Bertz CT molecular complexity index is 787. The van der Waals surface area contributed by atoms with Gasteiger partial charge in [-0.3, -0.25) is 19.0 Å². The van der Waals surface area contributed by atoms with Gasteiger partial charge in [-0.05, 0) is 31.9 Å². The molecule has 2 aromatic heterocycles. The minimum Gasteiger partial charge on any atom is -0.392 e. The summed E-state index contributed by atoms with van der Waals surface area (Å²) in [4.78, 5) is 21.8. The van der Waals surface area contributed by atoms with Crippen LogP contribution in [0.4, 0.5) is 0 Å². The summed E-state index contributed by atoms with van der Waals surface area (Å²) in [6.07, 6.45) is 2.52. The molecule has 25 heavy (non-hydrogen) atoms. The Morgan fingerprint density at radius 1 is 1.40 bits per heavy atom. The Morgan fingerprint density at radius 3 is 2.92 bits per heavy atom. The van der Waals surface area contributed by atoms with Gasteiger partial charge in [0.1, 0.15) is 5.65 Å². The largest absolute Gasteiger partial charge is 0.392 e. The number of fused-ring (bicyclic) bond motifs is 1. The third kappa shape index (κ3) is 4.08. The van der Waals surface area contributed by atoms with Gasteiger partial charge in [-0.25, -0.2) is 4.98 Å². The Morgan fingerprint density at radius 2 is 2.20 bits per heavy atom. The molecule has 3 heterocycles. The van der Waals surface area contributed by atoms with E-state index in [1.54, 1.807) is 16.7 Å². The normalized spacial score (nSPS) is 20.9. The molecule has 6 nitrogen and oxygen atoms in total. The summed E-state index contributed by atoms with van der Waals surface area (Å²) in [5, 5.41) is 9.67. The van der Waals surface area contributed by atoms with Gasteiger partial charge in [-0.1, -0.05) is 13.0 Å². The molecule has 2 atom stereocenters. The van der Waals surface area contributed by atoms with Crippen LogP contribution in [0.5, 0.6) is 0 Å². The average Bonchev–Trinajstić information content (AvgIpc) is 2.57. The lowest BCUT2D eigenvalue weighted by Crippen LogP contribution is -2.54. The molecule has 1 fully saturated rings. The summed E-state index contributed by atoms with van der Waals surface area (Å²) in [5.41, 5.74) is 2.56. The molecule has 0 aromatic carbocycles. The summed E-state index contributed by atoms with van der Waals surface area (Å²) in [6, 6.07) is 5.94. The summed E-state index contributed by atoms with van der Waals surface area (Å²) >= 11 is 0. The first-order valence-corrected chi connectivity index (χ1v) is 9.10. The molecule has 1 aliphatic heterocycles. The average molecular weight is 344 g/mol. The number of aliphatic hydroxyl groups excluding tert-OH is 1. The van der Waals surface area contributed by atoms with Crippen LogP contribution in [-0.2, 0) is 6.54 Å². The van der Waals surface area contributed by atoms with Crippen LogP contribution in [-0.4, -0.2) is 62.6 Å². The Balaban J connectivity index is 1.76. The Labute approximate surface area is 148 Å². The van der Waals surface area contributed by atoms with Crippen molar-refractivity contribution in [2.24, 2.45) is 0 Å². The van der Waals surface area contributed by atoms with E-state index in [2.05, 4.69) is 16.7 Å². The highest BCUT2D eigenvalue weighted by Crippen LogP contribution is 2.15. The van der Waals surface area contributed by atoms with Gasteiger partial charge in [-0.15, -0.1) is 0 Å². The second kappa shape index (κ2) is 7.64. The standard InChI is InChI=1S/C19H28N4O2/c1-4-17-13-21(8-9-22(17)11-15(3)24)12-16-10-18(25)23-7-5-6-14(2)19(23)20-16/h5-7,10,15,17,24H,4,8-9,11-13H2,1-3H3/t15-,17-/m1/s1. The smallest absolute Gasteiger partial charge is 0.258 e. The highest BCUT2D eigenvalue weighted by Gasteiger charge is 2.26. The molecule has 2 aromatic rings. The fourth-order valence-corrected chi connectivity index (χ4v) is 3.69. The molecular weight excluding hydrogens is 316 g/mol. The molecule has 0 bridgehead atoms. The van der Waals surface area contributed by atoms with Gasteiger partial charge in [-0.2, -0.15) is 0 Å². The number of hydrogen-bond donors (Lipinski definition) is 1. The monoisotopic (exact) mass is 344 g/mol. The first kappa shape index (κ1) is 18.0. The van der Waals surface area contributed by atoms with Crippen molar-refractivity contribution in [3.05, 3.63) is 46.0 Å². The maximum absolute atomic E-state index is 12.4. The minimum absolute atomic E-state index is 0.0246. The van der Waals surface area contributed by atoms with Crippen molar-refractivity contribution in [2.45, 2.75) is 45.9 Å². The van der Waals surface area contributed by atoms with Gasteiger partial charge in [0, 0.05) is 51.0 Å². The summed E-state index contributed by atoms with van der Waals surface area (Å²) < 4.78 is 1.61. The van der Waals surface area contributed by atoms with Crippen molar-refractivity contribution in [1.29, 1.82) is 0 Å². The zero-order chi connectivity index (χ0) is 18.0. The number of aliphatic hydroxyl groups is 1. The van der Waals surface area contributed by atoms with Crippen LogP contribution >= 0.6 is 0 Å². The van der Waals surface area contributed by atoms with Crippen molar-refractivity contribution in [3.8, 4) is 0 Å². The molecule has 0 unspecified atom stereocenters. The van der Waals surface area contributed by atoms with E-state index in [1.807, 2.05) is 26.0 Å². The van der Waals surface area contributed by atoms with Gasteiger partial charge in [0.15, 0.2) is 0 Å². The summed E-state index contributed by atoms with van der Waals surface area (Å²) in [5.74, 6) is 0. The number of rotatable bonds is 5. The van der Waals surface area contributed by atoms with Gasteiger partial charge >= 0.3 is 0 Å². The highest BCUT2D eigenvalue weighted by atomic mass is 16.3. The zero-order valence-electron chi connectivity index (χ0n) is 15.4. The van der Waals surface area contributed by atoms with Crippen molar-refractivity contribution in [2.75, 3.05) is 26.2 Å². The highest BCUT2D eigenvalue weighted by molar-refractivity contribution is 5.46. The number of β-amino-alcohol motifs (C(OH)–C–C–N with tert-alkyl or cyclic N) is 1. The number of nitrogens with zero attached hydrogens (tertiary/aromatic N) is 4. The maximum atomic E-state index is 12.4. The van der Waals surface area contributed by atoms with Gasteiger partial charge in [0.2, 0.25) is 0 Å². The van der Waals surface area contributed by atoms with Crippen LogP contribution in [0.15, 0.2) is 29.2 Å². The number of aryl methyl sites for hydroxylation is 1. The first-order valence-electron chi connectivity index (χ1n) is 9.10. The molecule has 0 amide bonds. The van der Waals surface area contributed by atoms with E-state index < -0.39 is 0 Å². The number of hydrogen-bond acceptors (Lipinski definition) is 5. The lowest BCUT2D eigenvalue weighted by atomic mass is 10.1. The topological polar surface area (TPSA) is 61.1 Å². The molecular formula is C19H28N4O2. The fourth-order valence-electron chi connectivity index (χ4n) is 3.69. The fraction of sp³-hybridized carbons (Fsp3) is 0.579. The predicted octanol–water partition coefficient (Wildman–Crippen LogP) is 1.28. The predicted molar refractivity (Wildman–Crippen MR) is 98.8 cm³/mol. The third-order valence-corrected chi connectivity index (χ3v) is 4.98. The van der Waals surface area contributed by atoms with Crippen LogP contribution in [0.2, 0.25) is 0 Å². The van der Waals surface area contributed by atoms with E-state index >= 15 is 0 Å². The van der Waals surface area contributed by atoms with E-state index in [1.165, 1.54) is 0 Å². The number of pyridine rings is 1. The molecule has 1 aliphatic rings.